The van der Waals surface area contributed by atoms with Crippen molar-refractivity contribution in [1.29, 1.82) is 0 Å². The van der Waals surface area contributed by atoms with Crippen molar-refractivity contribution in [3.05, 3.63) is 40.4 Å². The number of β-lactam (4-membered cyclic amide) rings is 1. The normalized spacial score (nSPS) is 21.1. The maximum absolute atomic E-state index is 13.3. The molecule has 2 amide bonds. The van der Waals surface area contributed by atoms with Gasteiger partial charge in [0.05, 0.1) is 11.6 Å². The lowest BCUT2D eigenvalue weighted by molar-refractivity contribution is -0.218. The molecule has 7 N–H and O–H groups in total. The molecule has 3 unspecified atom stereocenters. The summed E-state index contributed by atoms with van der Waals surface area (Å²) in [4.78, 5) is 48.8. The molecule has 276 valence electrons. The molecule has 1 aromatic carbocycles. The van der Waals surface area contributed by atoms with Crippen molar-refractivity contribution in [1.82, 2.24) is 15.4 Å². The summed E-state index contributed by atoms with van der Waals surface area (Å²) in [5.41, 5.74) is 12.5. The Kier molecular flexibility index (Phi) is 14.1. The summed E-state index contributed by atoms with van der Waals surface area (Å²) >= 11 is 1.08. The number of carbonyl (C=O) groups excluding carboxylic acids is 2. The molecule has 1 saturated carbocycles. The van der Waals surface area contributed by atoms with Crippen molar-refractivity contribution in [3.63, 3.8) is 0 Å². The number of amidine groups is 1. The smallest absolute Gasteiger partial charge is 0.418 e. The lowest BCUT2D eigenvalue weighted by Crippen LogP contribution is -2.76. The first-order valence-electron chi connectivity index (χ1n) is 16.1. The minimum absolute atomic E-state index is 0.118. The Morgan fingerprint density at radius 3 is 2.48 bits per heavy atom. The number of nitrogens with one attached hydrogen (secondary N) is 1. The molecule has 5 rings (SSSR count). The van der Waals surface area contributed by atoms with E-state index in [0.717, 1.165) is 35.3 Å². The number of nitrogen functional groups attached to an aromatic ring is 1. The molecule has 1 aliphatic carbocycles. The zero-order valence-corrected chi connectivity index (χ0v) is 30.2. The fourth-order valence-electron chi connectivity index (χ4n) is 5.60. The Balaban J connectivity index is 0.00000128. The standard InChI is InChI=1S/C28H37N7O8S2.C2H6.CH2O2/c1-15(20-11-9-16-13-17(10-12-21(16)41-20)24(29)31-18-7-5-4-6-8-18)42-34-22(19-14-44-27(30)32-19)25(36)33-23-26(37)35(28(23,2)3)43-45(38,39)40;1-2;2-1-3/h10,12-15,18,20,23H,4-9,11H2,1-3H3,(H2,29,31)(H2,30,32)(H,33,36)(H,38,39,40);1-2H3;1H,(H,2,3)/b34-22-;;. The van der Waals surface area contributed by atoms with Gasteiger partial charge in [-0.25, -0.2) is 4.98 Å². The Morgan fingerprint density at radius 2 is 1.90 bits per heavy atom. The van der Waals surface area contributed by atoms with Gasteiger partial charge in [-0.15, -0.1) is 15.6 Å². The number of benzene rings is 1. The van der Waals surface area contributed by atoms with Crippen LogP contribution < -0.4 is 21.5 Å². The van der Waals surface area contributed by atoms with Crippen molar-refractivity contribution in [2.45, 2.75) is 109 Å². The summed E-state index contributed by atoms with van der Waals surface area (Å²) in [5.74, 6) is -0.471. The molecule has 3 aliphatic rings. The number of thiazole rings is 1. The minimum atomic E-state index is -4.95. The van der Waals surface area contributed by atoms with Crippen LogP contribution in [0, 0.1) is 0 Å². The number of aromatic nitrogens is 1. The summed E-state index contributed by atoms with van der Waals surface area (Å²) in [7, 11) is -4.95. The highest BCUT2D eigenvalue weighted by Gasteiger charge is 2.58. The summed E-state index contributed by atoms with van der Waals surface area (Å²) in [6.07, 6.45) is 6.10. The molecule has 2 fully saturated rings. The average Bonchev–Trinajstić information content (AvgIpc) is 3.52. The molecule has 19 heteroatoms. The number of nitrogens with two attached hydrogens (primary N) is 2. The number of carbonyl (C=O) groups is 3. The number of amides is 2. The number of carboxylic acid groups (broad SMARTS) is 1. The van der Waals surface area contributed by atoms with Gasteiger partial charge in [-0.05, 0) is 70.2 Å². The number of fused-ring (bicyclic) bond motifs is 1. The largest absolute Gasteiger partial charge is 0.486 e. The molecular formula is C31H45N7O10S2. The zero-order valence-electron chi connectivity index (χ0n) is 28.6. The maximum atomic E-state index is 13.3. The van der Waals surface area contributed by atoms with Gasteiger partial charge in [0.2, 0.25) is 0 Å². The van der Waals surface area contributed by atoms with Crippen LogP contribution in [0.4, 0.5) is 5.13 Å². The van der Waals surface area contributed by atoms with Crippen LogP contribution in [0.3, 0.4) is 0 Å². The van der Waals surface area contributed by atoms with E-state index >= 15 is 0 Å². The van der Waals surface area contributed by atoms with E-state index in [2.05, 4.69) is 19.7 Å². The third-order valence-corrected chi connectivity index (χ3v) is 9.18. The van der Waals surface area contributed by atoms with Crippen LogP contribution in [0.2, 0.25) is 0 Å². The summed E-state index contributed by atoms with van der Waals surface area (Å²) in [6, 6.07) is 4.86. The van der Waals surface area contributed by atoms with Gasteiger partial charge in [-0.1, -0.05) is 38.3 Å². The highest BCUT2D eigenvalue weighted by molar-refractivity contribution is 7.80. The summed E-state index contributed by atoms with van der Waals surface area (Å²) < 4.78 is 41.8. The van der Waals surface area contributed by atoms with Crippen LogP contribution in [-0.4, -0.2) is 87.8 Å². The van der Waals surface area contributed by atoms with E-state index in [9.17, 15) is 18.0 Å². The number of hydrogen-bond donors (Lipinski definition) is 5. The Labute approximate surface area is 295 Å². The first-order valence-corrected chi connectivity index (χ1v) is 18.4. The number of oxime groups is 1. The van der Waals surface area contributed by atoms with Crippen molar-refractivity contribution < 1.29 is 46.3 Å². The molecule has 0 bridgehead atoms. The minimum Gasteiger partial charge on any atom is -0.486 e. The van der Waals surface area contributed by atoms with Gasteiger partial charge < -0.3 is 31.5 Å². The number of aryl methyl sites for hydroxylation is 1. The highest BCUT2D eigenvalue weighted by atomic mass is 32.3. The number of hydroxylamine groups is 2. The van der Waals surface area contributed by atoms with Crippen molar-refractivity contribution in [2.75, 3.05) is 5.73 Å². The monoisotopic (exact) mass is 739 g/mol. The van der Waals surface area contributed by atoms with Crippen molar-refractivity contribution >= 4 is 56.7 Å². The molecule has 0 spiro atoms. The van der Waals surface area contributed by atoms with Gasteiger partial charge in [0.1, 0.15) is 29.4 Å². The van der Waals surface area contributed by atoms with Crippen LogP contribution in [0.15, 0.2) is 33.7 Å². The number of aliphatic imine (C=N–C) groups is 1. The molecule has 0 radical (unpaired) electrons. The predicted molar refractivity (Wildman–Crippen MR) is 186 cm³/mol. The number of hydrogen-bond acceptors (Lipinski definition) is 13. The fraction of sp³-hybridized carbons (Fsp3) is 0.548. The fourth-order valence-corrected chi connectivity index (χ4v) is 6.61. The second kappa shape index (κ2) is 17.6. The van der Waals surface area contributed by atoms with E-state index in [-0.39, 0.29) is 35.2 Å². The molecule has 50 heavy (non-hydrogen) atoms. The topological polar surface area (TPSA) is 258 Å². The number of rotatable bonds is 10. The van der Waals surface area contributed by atoms with Gasteiger partial charge in [-0.3, -0.25) is 23.9 Å². The van der Waals surface area contributed by atoms with E-state index in [1.165, 1.54) is 38.5 Å². The Hall–Kier alpha value is -4.33. The van der Waals surface area contributed by atoms with Gasteiger partial charge >= 0.3 is 10.4 Å². The lowest BCUT2D eigenvalue weighted by Gasteiger charge is -2.50. The second-order valence-electron chi connectivity index (χ2n) is 11.9. The van der Waals surface area contributed by atoms with Gasteiger partial charge in [0.25, 0.3) is 18.3 Å². The lowest BCUT2D eigenvalue weighted by atomic mass is 9.84. The summed E-state index contributed by atoms with van der Waals surface area (Å²) in [5, 5.41) is 15.6. The number of ether oxygens (including phenoxy) is 1. The SMILES string of the molecule is CC.CC(O/N=C(\C(=O)NC1C(=O)N(OS(=O)(=O)O)C1(C)C)c1csc(N)n1)C1CCc2cc(C(N)=NC3CCCCC3)ccc2O1.O=CO. The maximum Gasteiger partial charge on any atom is 0.418 e. The van der Waals surface area contributed by atoms with Crippen LogP contribution in [-0.2, 0) is 40.3 Å². The molecule has 1 aromatic heterocycles. The van der Waals surface area contributed by atoms with E-state index in [4.69, 9.17) is 40.5 Å². The number of anilines is 1. The van der Waals surface area contributed by atoms with Crippen LogP contribution in [0.1, 0.15) is 90.0 Å². The molecule has 2 aromatic rings. The Morgan fingerprint density at radius 1 is 1.24 bits per heavy atom. The third-order valence-electron chi connectivity index (χ3n) is 8.16. The number of nitrogens with zero attached hydrogens (tertiary/aromatic N) is 4. The van der Waals surface area contributed by atoms with Crippen molar-refractivity contribution in [2.24, 2.45) is 15.9 Å². The predicted octanol–water partition coefficient (Wildman–Crippen LogP) is 2.83. The van der Waals surface area contributed by atoms with Gasteiger partial charge in [-0.2, -0.15) is 13.5 Å². The second-order valence-corrected chi connectivity index (χ2v) is 13.8. The highest BCUT2D eigenvalue weighted by Crippen LogP contribution is 2.33. The molecule has 3 atom stereocenters. The molecule has 2 aliphatic heterocycles. The third kappa shape index (κ3) is 10.1. The first kappa shape index (κ1) is 40.1. The zero-order chi connectivity index (χ0) is 37.2. The van der Waals surface area contributed by atoms with E-state index in [1.54, 1.807) is 6.92 Å². The van der Waals surface area contributed by atoms with Gasteiger partial charge in [0.15, 0.2) is 16.9 Å². The quantitative estimate of drug-likeness (QED) is 0.0587. The molecule has 17 nitrogen and oxygen atoms in total. The van der Waals surface area contributed by atoms with Crippen LogP contribution in [0.5, 0.6) is 5.75 Å². The van der Waals surface area contributed by atoms with E-state index in [1.807, 2.05) is 32.0 Å². The molecule has 1 saturated heterocycles. The van der Waals surface area contributed by atoms with E-state index in [0.29, 0.717) is 29.5 Å². The van der Waals surface area contributed by atoms with Gasteiger partial charge in [0, 0.05) is 10.9 Å². The first-order chi connectivity index (χ1) is 23.6. The summed E-state index contributed by atoms with van der Waals surface area (Å²) in [6.45, 7) is 8.40. The van der Waals surface area contributed by atoms with Crippen molar-refractivity contribution in [3.8, 4) is 5.75 Å². The van der Waals surface area contributed by atoms with Crippen LogP contribution in [0.25, 0.3) is 0 Å². The van der Waals surface area contributed by atoms with Crippen LogP contribution >= 0.6 is 11.3 Å². The van der Waals surface area contributed by atoms with E-state index < -0.39 is 39.9 Å². The average molecular weight is 740 g/mol. The Bertz CT molecular complexity index is 1670. The molecular weight excluding hydrogens is 695 g/mol. The molecule has 3 heterocycles.